The maximum Gasteiger partial charge on any atom is 0.305 e. The average molecular weight is 575 g/mol. The summed E-state index contributed by atoms with van der Waals surface area (Å²) in [6.45, 7) is 4.16. The van der Waals surface area contributed by atoms with E-state index in [9.17, 15) is 29.3 Å². The molecule has 5 N–H and O–H groups in total. The molecule has 0 aliphatic heterocycles. The third kappa shape index (κ3) is 7.23. The first-order valence-corrected chi connectivity index (χ1v) is 13.8. The molecule has 1 heterocycles. The van der Waals surface area contributed by atoms with Crippen LogP contribution in [-0.2, 0) is 11.3 Å². The highest BCUT2D eigenvalue weighted by Gasteiger charge is 2.31. The van der Waals surface area contributed by atoms with Gasteiger partial charge in [-0.2, -0.15) is 0 Å². The van der Waals surface area contributed by atoms with E-state index in [4.69, 9.17) is 5.11 Å². The van der Waals surface area contributed by atoms with Gasteiger partial charge in [0, 0.05) is 23.5 Å². The Morgan fingerprint density at radius 3 is 2.12 bits per heavy atom. The summed E-state index contributed by atoms with van der Waals surface area (Å²) in [5, 5.41) is 42.4. The summed E-state index contributed by atoms with van der Waals surface area (Å²) in [4.78, 5) is 25.1. The summed E-state index contributed by atoms with van der Waals surface area (Å²) in [6, 6.07) is 21.5. The van der Waals surface area contributed by atoms with Gasteiger partial charge in [-0.15, -0.1) is 0 Å². The van der Waals surface area contributed by atoms with E-state index in [1.165, 1.54) is 24.3 Å². The predicted molar refractivity (Wildman–Crippen MR) is 159 cm³/mol. The zero-order chi connectivity index (χ0) is 30.4. The second-order valence-corrected chi connectivity index (χ2v) is 10.6. The number of aliphatic hydroxyl groups excluding tert-OH is 2. The molecule has 2 atom stereocenters. The lowest BCUT2D eigenvalue weighted by molar-refractivity contribution is -0.139. The number of phenols is 1. The summed E-state index contributed by atoms with van der Waals surface area (Å²) in [6.07, 6.45) is -2.62. The van der Waals surface area contributed by atoms with Crippen molar-refractivity contribution < 1.29 is 34.4 Å². The van der Waals surface area contributed by atoms with Crippen LogP contribution in [0, 0.1) is 5.82 Å². The number of rotatable bonds is 12. The van der Waals surface area contributed by atoms with Crippen molar-refractivity contribution >= 4 is 17.6 Å². The third-order valence-electron chi connectivity index (χ3n) is 7.02. The van der Waals surface area contributed by atoms with Gasteiger partial charge in [-0.25, -0.2) is 4.39 Å². The van der Waals surface area contributed by atoms with E-state index in [-0.39, 0.29) is 37.0 Å². The number of hydrogen-bond acceptors (Lipinski definition) is 5. The van der Waals surface area contributed by atoms with Gasteiger partial charge in [-0.05, 0) is 78.4 Å². The number of phenolic OH excluding ortho intramolecular Hbond substituents is 1. The van der Waals surface area contributed by atoms with Crippen molar-refractivity contribution in [3.63, 3.8) is 0 Å². The number of anilines is 1. The van der Waals surface area contributed by atoms with Gasteiger partial charge >= 0.3 is 5.97 Å². The number of carboxylic acids is 1. The fraction of sp³-hybridized carbons (Fsp3) is 0.273. The molecular formula is C33H35FN2O6. The number of nitrogens with zero attached hydrogens (tertiary/aromatic N) is 1. The van der Waals surface area contributed by atoms with Crippen LogP contribution in [0.2, 0.25) is 0 Å². The van der Waals surface area contributed by atoms with Crippen LogP contribution in [-0.4, -0.2) is 49.1 Å². The van der Waals surface area contributed by atoms with Crippen molar-refractivity contribution in [2.45, 2.75) is 57.8 Å². The fourth-order valence-electron chi connectivity index (χ4n) is 5.23. The highest BCUT2D eigenvalue weighted by molar-refractivity contribution is 6.12. The van der Waals surface area contributed by atoms with Crippen molar-refractivity contribution in [1.82, 2.24) is 4.57 Å². The van der Waals surface area contributed by atoms with E-state index in [2.05, 4.69) is 5.32 Å². The standard InChI is InChI=1S/C33H35FN2O6/c1-20(2)31-30(33(42)35-24-12-14-25(37)15-13-24)29(21-6-4-3-5-7-21)32(22-8-10-23(34)11-9-22)36(31)17-16-26(38)18-27(39)19-28(40)41/h3-15,20,26-27,37-39H,16-19H2,1-2H3,(H,35,42)(H,40,41). The number of aliphatic carboxylic acids is 1. The quantitative estimate of drug-likeness (QED) is 0.132. The molecule has 0 spiro atoms. The first-order valence-electron chi connectivity index (χ1n) is 13.8. The molecule has 1 amide bonds. The molecule has 3 aromatic carbocycles. The van der Waals surface area contributed by atoms with Crippen molar-refractivity contribution in [2.24, 2.45) is 0 Å². The Hall–Kier alpha value is -4.47. The molecule has 4 rings (SSSR count). The summed E-state index contributed by atoms with van der Waals surface area (Å²) in [5.41, 5.74) is 4.35. The van der Waals surface area contributed by atoms with Crippen LogP contribution in [0.5, 0.6) is 5.75 Å². The summed E-state index contributed by atoms with van der Waals surface area (Å²) in [5.74, 6) is -2.02. The number of aliphatic hydroxyl groups is 2. The topological polar surface area (TPSA) is 132 Å². The molecule has 8 nitrogen and oxygen atoms in total. The van der Waals surface area contributed by atoms with Gasteiger partial charge in [0.15, 0.2) is 0 Å². The number of aromatic hydroxyl groups is 1. The van der Waals surface area contributed by atoms with Gasteiger partial charge in [0.25, 0.3) is 5.91 Å². The van der Waals surface area contributed by atoms with Gasteiger partial charge in [-0.1, -0.05) is 44.2 Å². The van der Waals surface area contributed by atoms with E-state index >= 15 is 0 Å². The largest absolute Gasteiger partial charge is 0.508 e. The van der Waals surface area contributed by atoms with Gasteiger partial charge in [0.2, 0.25) is 0 Å². The lowest BCUT2D eigenvalue weighted by Crippen LogP contribution is -2.22. The smallest absolute Gasteiger partial charge is 0.305 e. The first kappa shape index (κ1) is 30.5. The number of amides is 1. The average Bonchev–Trinajstić information content (AvgIpc) is 3.29. The van der Waals surface area contributed by atoms with E-state index in [1.54, 1.807) is 24.3 Å². The van der Waals surface area contributed by atoms with Gasteiger partial charge in [0.05, 0.1) is 29.9 Å². The number of carbonyl (C=O) groups is 2. The Morgan fingerprint density at radius 1 is 0.881 bits per heavy atom. The molecule has 0 aliphatic carbocycles. The van der Waals surface area contributed by atoms with Crippen molar-refractivity contribution in [3.05, 3.63) is 95.9 Å². The Balaban J connectivity index is 1.89. The Kier molecular flexibility index (Phi) is 9.77. The zero-order valence-corrected chi connectivity index (χ0v) is 23.5. The first-order chi connectivity index (χ1) is 20.0. The van der Waals surface area contributed by atoms with Crippen LogP contribution in [0.4, 0.5) is 10.1 Å². The summed E-state index contributed by atoms with van der Waals surface area (Å²) >= 11 is 0. The number of hydrogen-bond donors (Lipinski definition) is 5. The molecule has 0 saturated carbocycles. The highest BCUT2D eigenvalue weighted by Crippen LogP contribution is 2.42. The lowest BCUT2D eigenvalue weighted by Gasteiger charge is -2.20. The molecular weight excluding hydrogens is 539 g/mol. The molecule has 42 heavy (non-hydrogen) atoms. The molecule has 220 valence electrons. The van der Waals surface area contributed by atoms with E-state index in [1.807, 2.05) is 48.7 Å². The minimum absolute atomic E-state index is 0.0672. The Bertz CT molecular complexity index is 1520. The summed E-state index contributed by atoms with van der Waals surface area (Å²) in [7, 11) is 0. The molecule has 0 bridgehead atoms. The highest BCUT2D eigenvalue weighted by atomic mass is 19.1. The van der Waals surface area contributed by atoms with Crippen molar-refractivity contribution in [2.75, 3.05) is 5.32 Å². The fourth-order valence-corrected chi connectivity index (χ4v) is 5.23. The molecule has 0 fully saturated rings. The van der Waals surface area contributed by atoms with Crippen LogP contribution in [0.3, 0.4) is 0 Å². The maximum absolute atomic E-state index is 14.1. The van der Waals surface area contributed by atoms with E-state index in [0.29, 0.717) is 33.8 Å². The lowest BCUT2D eigenvalue weighted by atomic mass is 9.94. The second-order valence-electron chi connectivity index (χ2n) is 10.6. The number of halogens is 1. The molecule has 4 aromatic rings. The zero-order valence-electron chi connectivity index (χ0n) is 23.5. The van der Waals surface area contributed by atoms with E-state index < -0.39 is 30.4 Å². The molecule has 0 saturated heterocycles. The Morgan fingerprint density at radius 2 is 1.52 bits per heavy atom. The van der Waals surface area contributed by atoms with E-state index in [0.717, 1.165) is 5.56 Å². The number of nitrogens with one attached hydrogen (secondary N) is 1. The van der Waals surface area contributed by atoms with Gasteiger partial charge < -0.3 is 30.3 Å². The van der Waals surface area contributed by atoms with Crippen LogP contribution >= 0.6 is 0 Å². The van der Waals surface area contributed by atoms with Crippen LogP contribution in [0.25, 0.3) is 22.4 Å². The van der Waals surface area contributed by atoms with Crippen LogP contribution < -0.4 is 5.32 Å². The Labute approximate surface area is 243 Å². The van der Waals surface area contributed by atoms with Crippen molar-refractivity contribution in [1.29, 1.82) is 0 Å². The summed E-state index contributed by atoms with van der Waals surface area (Å²) < 4.78 is 16.0. The molecule has 0 radical (unpaired) electrons. The third-order valence-corrected chi connectivity index (χ3v) is 7.02. The molecule has 9 heteroatoms. The monoisotopic (exact) mass is 574 g/mol. The number of aromatic nitrogens is 1. The molecule has 0 aliphatic rings. The number of carbonyl (C=O) groups excluding carboxylic acids is 1. The normalized spacial score (nSPS) is 12.7. The number of carboxylic acid groups (broad SMARTS) is 1. The number of benzene rings is 3. The maximum atomic E-state index is 14.1. The molecule has 1 aromatic heterocycles. The predicted octanol–water partition coefficient (Wildman–Crippen LogP) is 6.02. The van der Waals surface area contributed by atoms with Crippen molar-refractivity contribution in [3.8, 4) is 28.1 Å². The van der Waals surface area contributed by atoms with Gasteiger partial charge in [0.1, 0.15) is 11.6 Å². The second kappa shape index (κ2) is 13.5. The molecule has 2 unspecified atom stereocenters. The minimum Gasteiger partial charge on any atom is -0.508 e. The van der Waals surface area contributed by atoms with Crippen LogP contribution in [0.15, 0.2) is 78.9 Å². The van der Waals surface area contributed by atoms with Gasteiger partial charge in [-0.3, -0.25) is 9.59 Å². The minimum atomic E-state index is -1.20. The SMILES string of the molecule is CC(C)c1c(C(=O)Nc2ccc(O)cc2)c(-c2ccccc2)c(-c2ccc(F)cc2)n1CCC(O)CC(O)CC(=O)O. The van der Waals surface area contributed by atoms with Crippen LogP contribution in [0.1, 0.15) is 55.1 Å².